The molecule has 0 aliphatic carbocycles. The number of anilines is 2. The summed E-state index contributed by atoms with van der Waals surface area (Å²) in [6.45, 7) is 8.40. The molecule has 1 aromatic heterocycles. The molecular weight excluding hydrogens is 248 g/mol. The lowest BCUT2D eigenvalue weighted by molar-refractivity contribution is 0.418. The van der Waals surface area contributed by atoms with E-state index in [1.807, 2.05) is 11.8 Å². The summed E-state index contributed by atoms with van der Waals surface area (Å²) in [6, 6.07) is 0.922. The van der Waals surface area contributed by atoms with Gasteiger partial charge in [-0.15, -0.1) is 0 Å². The average Bonchev–Trinajstić information content (AvgIpc) is 2.68. The number of hydrogen-bond donors (Lipinski definition) is 1. The Morgan fingerprint density at radius 2 is 2.11 bits per heavy atom. The van der Waals surface area contributed by atoms with Crippen LogP contribution in [0.3, 0.4) is 0 Å². The number of nitrogens with one attached hydrogen (secondary N) is 1. The van der Waals surface area contributed by atoms with Crippen molar-refractivity contribution in [1.29, 1.82) is 0 Å². The molecule has 0 spiro atoms. The van der Waals surface area contributed by atoms with Crippen molar-refractivity contribution in [2.75, 3.05) is 29.9 Å². The molecule has 0 aromatic carbocycles. The van der Waals surface area contributed by atoms with Gasteiger partial charge in [0.15, 0.2) is 23.3 Å². The molecule has 1 fully saturated rings. The van der Waals surface area contributed by atoms with Crippen LogP contribution >= 0.6 is 0 Å². The van der Waals surface area contributed by atoms with Crippen LogP contribution in [0, 0.1) is 17.0 Å². The molecule has 1 saturated heterocycles. The first-order valence-corrected chi connectivity index (χ1v) is 6.78. The second-order valence-electron chi connectivity index (χ2n) is 5.89. The fourth-order valence-electron chi connectivity index (χ4n) is 2.34. The van der Waals surface area contributed by atoms with Crippen molar-refractivity contribution in [2.45, 2.75) is 33.6 Å². The van der Waals surface area contributed by atoms with E-state index in [2.05, 4.69) is 24.1 Å². The molecule has 2 heterocycles. The molecular formula is C14H21F2N3. The molecule has 3 nitrogen and oxygen atoms in total. The molecule has 5 heteroatoms. The zero-order valence-electron chi connectivity index (χ0n) is 11.8. The molecule has 1 N–H and O–H groups in total. The van der Waals surface area contributed by atoms with Crippen molar-refractivity contribution in [3.8, 4) is 0 Å². The fraction of sp³-hybridized carbons (Fsp3) is 0.643. The van der Waals surface area contributed by atoms with Crippen LogP contribution in [0.2, 0.25) is 0 Å². The predicted molar refractivity (Wildman–Crippen MR) is 73.5 cm³/mol. The maximum Gasteiger partial charge on any atom is 0.168 e. The van der Waals surface area contributed by atoms with E-state index >= 15 is 0 Å². The first-order chi connectivity index (χ1) is 8.93. The normalized spacial score (nSPS) is 17.8. The standard InChI is InChI=1S/C14H21F2N3/c1-4-6-17-12-10(15)8-11(16)13(18-12)19-7-5-14(2,3)9-19/h8H,4-7,9H2,1-3H3,(H,17,18). The van der Waals surface area contributed by atoms with Crippen molar-refractivity contribution >= 4 is 11.6 Å². The largest absolute Gasteiger partial charge is 0.368 e. The average molecular weight is 269 g/mol. The Morgan fingerprint density at radius 1 is 1.37 bits per heavy atom. The van der Waals surface area contributed by atoms with Crippen LogP contribution in [0.1, 0.15) is 33.6 Å². The van der Waals surface area contributed by atoms with Crippen molar-refractivity contribution in [3.05, 3.63) is 17.7 Å². The minimum absolute atomic E-state index is 0.142. The Balaban J connectivity index is 2.25. The van der Waals surface area contributed by atoms with Gasteiger partial charge >= 0.3 is 0 Å². The van der Waals surface area contributed by atoms with Gasteiger partial charge in [-0.25, -0.2) is 13.8 Å². The van der Waals surface area contributed by atoms with Crippen LogP contribution in [-0.2, 0) is 0 Å². The number of pyridine rings is 1. The van der Waals surface area contributed by atoms with Gasteiger partial charge in [0.2, 0.25) is 0 Å². The highest BCUT2D eigenvalue weighted by Crippen LogP contribution is 2.33. The number of aromatic nitrogens is 1. The molecule has 0 amide bonds. The first-order valence-electron chi connectivity index (χ1n) is 6.78. The zero-order valence-corrected chi connectivity index (χ0v) is 11.8. The summed E-state index contributed by atoms with van der Waals surface area (Å²) in [4.78, 5) is 6.02. The maximum atomic E-state index is 13.9. The highest BCUT2D eigenvalue weighted by atomic mass is 19.1. The summed E-state index contributed by atoms with van der Waals surface area (Å²) in [5.74, 6) is -0.820. The fourth-order valence-corrected chi connectivity index (χ4v) is 2.34. The van der Waals surface area contributed by atoms with Crippen LogP contribution in [-0.4, -0.2) is 24.6 Å². The second-order valence-corrected chi connectivity index (χ2v) is 5.89. The number of rotatable bonds is 4. The van der Waals surface area contributed by atoms with E-state index in [-0.39, 0.29) is 17.1 Å². The highest BCUT2D eigenvalue weighted by molar-refractivity contribution is 5.50. The third kappa shape index (κ3) is 3.14. The lowest BCUT2D eigenvalue weighted by Crippen LogP contribution is -2.25. The minimum Gasteiger partial charge on any atom is -0.368 e. The van der Waals surface area contributed by atoms with Gasteiger partial charge < -0.3 is 10.2 Å². The summed E-state index contributed by atoms with van der Waals surface area (Å²) < 4.78 is 27.5. The van der Waals surface area contributed by atoms with E-state index < -0.39 is 11.6 Å². The molecule has 0 unspecified atom stereocenters. The van der Waals surface area contributed by atoms with Gasteiger partial charge in [-0.2, -0.15) is 0 Å². The van der Waals surface area contributed by atoms with Gasteiger partial charge in [0, 0.05) is 25.7 Å². The van der Waals surface area contributed by atoms with Crippen LogP contribution in [0.5, 0.6) is 0 Å². The van der Waals surface area contributed by atoms with E-state index in [0.29, 0.717) is 6.54 Å². The highest BCUT2D eigenvalue weighted by Gasteiger charge is 2.31. The molecule has 0 bridgehead atoms. The summed E-state index contributed by atoms with van der Waals surface area (Å²) in [6.07, 6.45) is 1.85. The molecule has 2 rings (SSSR count). The van der Waals surface area contributed by atoms with Gasteiger partial charge in [0.1, 0.15) is 0 Å². The summed E-state index contributed by atoms with van der Waals surface area (Å²) >= 11 is 0. The Hall–Kier alpha value is -1.39. The molecule has 106 valence electrons. The molecule has 0 saturated carbocycles. The molecule has 19 heavy (non-hydrogen) atoms. The predicted octanol–water partition coefficient (Wildman–Crippen LogP) is 3.42. The summed E-state index contributed by atoms with van der Waals surface area (Å²) in [7, 11) is 0. The minimum atomic E-state index is -0.631. The smallest absolute Gasteiger partial charge is 0.168 e. The quantitative estimate of drug-likeness (QED) is 0.907. The first kappa shape index (κ1) is 14.0. The van der Waals surface area contributed by atoms with Crippen molar-refractivity contribution in [2.24, 2.45) is 5.41 Å². The van der Waals surface area contributed by atoms with E-state index in [9.17, 15) is 8.78 Å². The molecule has 1 aliphatic rings. The third-order valence-electron chi connectivity index (χ3n) is 3.43. The van der Waals surface area contributed by atoms with E-state index in [0.717, 1.165) is 32.0 Å². The Labute approximate surface area is 113 Å². The van der Waals surface area contributed by atoms with Crippen LogP contribution in [0.4, 0.5) is 20.4 Å². The van der Waals surface area contributed by atoms with E-state index in [1.165, 1.54) is 0 Å². The Kier molecular flexibility index (Phi) is 3.92. The Bertz CT molecular complexity index is 460. The van der Waals surface area contributed by atoms with Crippen LogP contribution in [0.15, 0.2) is 6.07 Å². The summed E-state index contributed by atoms with van der Waals surface area (Å²) in [5, 5.41) is 2.89. The maximum absolute atomic E-state index is 13.9. The monoisotopic (exact) mass is 269 g/mol. The van der Waals surface area contributed by atoms with Crippen molar-refractivity contribution < 1.29 is 8.78 Å². The molecule has 0 radical (unpaired) electrons. The summed E-state index contributed by atoms with van der Waals surface area (Å²) in [5.41, 5.74) is 0.152. The lowest BCUT2D eigenvalue weighted by atomic mass is 9.93. The molecule has 1 aliphatic heterocycles. The molecule has 0 atom stereocenters. The van der Waals surface area contributed by atoms with Crippen molar-refractivity contribution in [1.82, 2.24) is 4.98 Å². The van der Waals surface area contributed by atoms with Gasteiger partial charge in [-0.05, 0) is 18.3 Å². The number of hydrogen-bond acceptors (Lipinski definition) is 3. The van der Waals surface area contributed by atoms with E-state index in [1.54, 1.807) is 0 Å². The van der Waals surface area contributed by atoms with Gasteiger partial charge in [0.05, 0.1) is 0 Å². The lowest BCUT2D eigenvalue weighted by Gasteiger charge is -2.21. The molecule has 1 aromatic rings. The zero-order chi connectivity index (χ0) is 14.0. The number of halogens is 2. The second kappa shape index (κ2) is 5.31. The van der Waals surface area contributed by atoms with Gasteiger partial charge in [0.25, 0.3) is 0 Å². The van der Waals surface area contributed by atoms with Crippen LogP contribution < -0.4 is 10.2 Å². The topological polar surface area (TPSA) is 28.2 Å². The SMILES string of the molecule is CCCNc1nc(N2CCC(C)(C)C2)c(F)cc1F. The number of nitrogens with zero attached hydrogens (tertiary/aromatic N) is 2. The van der Waals surface area contributed by atoms with Crippen molar-refractivity contribution in [3.63, 3.8) is 0 Å². The Morgan fingerprint density at radius 3 is 2.68 bits per heavy atom. The van der Waals surface area contributed by atoms with Gasteiger partial charge in [-0.1, -0.05) is 20.8 Å². The van der Waals surface area contributed by atoms with E-state index in [4.69, 9.17) is 0 Å². The van der Waals surface area contributed by atoms with Crippen LogP contribution in [0.25, 0.3) is 0 Å². The van der Waals surface area contributed by atoms with Gasteiger partial charge in [-0.3, -0.25) is 0 Å². The third-order valence-corrected chi connectivity index (χ3v) is 3.43.